The molecule has 0 bridgehead atoms. The summed E-state index contributed by atoms with van der Waals surface area (Å²) in [5.41, 5.74) is 3.69. The highest BCUT2D eigenvalue weighted by atomic mass is 35.5. The summed E-state index contributed by atoms with van der Waals surface area (Å²) in [4.78, 5) is 22.0. The number of carbonyl (C=O) groups excluding carboxylic acids is 1. The first-order valence-electron chi connectivity index (χ1n) is 13.8. The van der Waals surface area contributed by atoms with Crippen LogP contribution in [0.5, 0.6) is 5.75 Å². The maximum absolute atomic E-state index is 12.0. The number of amides is 1. The first-order valence-corrected chi connectivity index (χ1v) is 14.6. The number of nitrogens with one attached hydrogen (secondary N) is 1. The first-order chi connectivity index (χ1) is 18.3. The molecule has 212 valence electrons. The summed E-state index contributed by atoms with van der Waals surface area (Å²) in [7, 11) is 0. The average Bonchev–Trinajstić information content (AvgIpc) is 2.89. The fourth-order valence-electron chi connectivity index (χ4n) is 3.96. The highest BCUT2D eigenvalue weighted by molar-refractivity contribution is 6.34. The number of hydrogen-bond donors (Lipinski definition) is 2. The van der Waals surface area contributed by atoms with Crippen LogP contribution >= 0.6 is 23.2 Å². The van der Waals surface area contributed by atoms with Crippen molar-refractivity contribution < 1.29 is 20.6 Å². The Morgan fingerprint density at radius 2 is 1.37 bits per heavy atom. The molecule has 0 aliphatic heterocycles. The third-order valence-electron chi connectivity index (χ3n) is 6.20. The number of unbranched alkanes of at least 4 members (excludes halogenated alkanes) is 13. The minimum Gasteiger partial charge on any atom is -0.872 e. The van der Waals surface area contributed by atoms with Gasteiger partial charge < -0.3 is 16.2 Å². The molecule has 2 aromatic carbocycles. The Morgan fingerprint density at radius 1 is 0.842 bits per heavy atom. The molecule has 0 heterocycles. The number of nitrogens with zero attached hydrogens (tertiary/aromatic N) is 1. The van der Waals surface area contributed by atoms with Crippen molar-refractivity contribution in [3.63, 3.8) is 0 Å². The van der Waals surface area contributed by atoms with Crippen LogP contribution in [0.2, 0.25) is 10.0 Å². The van der Waals surface area contributed by atoms with E-state index in [1.165, 1.54) is 120 Å². The maximum atomic E-state index is 12.0. The van der Waals surface area contributed by atoms with E-state index >= 15 is 0 Å². The zero-order chi connectivity index (χ0) is 28.2. The molecule has 0 aliphatic carbocycles. The van der Waals surface area contributed by atoms with Crippen molar-refractivity contribution in [1.29, 1.82) is 0 Å². The van der Waals surface area contributed by atoms with E-state index in [0.717, 1.165) is 12.6 Å². The molecule has 0 unspecified atom stereocenters. The van der Waals surface area contributed by atoms with Crippen LogP contribution in [0.4, 0.5) is 11.4 Å². The third-order valence-corrected chi connectivity index (χ3v) is 6.75. The summed E-state index contributed by atoms with van der Waals surface area (Å²) in [6.07, 6.45) is 20.2. The van der Waals surface area contributed by atoms with Crippen LogP contribution in [-0.2, 0) is 0 Å². The second-order valence-corrected chi connectivity index (χ2v) is 10.3. The van der Waals surface area contributed by atoms with Crippen molar-refractivity contribution in [2.24, 2.45) is 0 Å². The zero-order valence-electron chi connectivity index (χ0n) is 22.6. The van der Waals surface area contributed by atoms with E-state index in [-0.39, 0.29) is 27.0 Å². The quantitative estimate of drug-likeness (QED) is 0.114. The van der Waals surface area contributed by atoms with Crippen LogP contribution < -0.4 is 16.2 Å². The number of hydrogen-bond acceptors (Lipinski definition) is 4. The van der Waals surface area contributed by atoms with Crippen LogP contribution in [0, 0.1) is 10.1 Å². The second-order valence-electron chi connectivity index (χ2n) is 9.47. The summed E-state index contributed by atoms with van der Waals surface area (Å²) < 4.78 is 0. The Hall–Kier alpha value is -2.35. The van der Waals surface area contributed by atoms with Gasteiger partial charge in [-0.1, -0.05) is 119 Å². The molecule has 38 heavy (non-hydrogen) atoms. The second kappa shape index (κ2) is 20.6. The fourth-order valence-corrected chi connectivity index (χ4v) is 4.35. The smallest absolute Gasteiger partial charge is 0.271 e. The Labute approximate surface area is 237 Å². The summed E-state index contributed by atoms with van der Waals surface area (Å²) in [5, 5.41) is 24.8. The SMILES string of the molecule is CCCCCCCCCCCCCCCC[NH3+].O=C(Nc1ccc([N+](=O)[O-])cc1Cl)c1cc(Cl)ccc1[O-]. The number of nitro benzene ring substituents is 1. The van der Waals surface area contributed by atoms with Crippen molar-refractivity contribution in [2.45, 2.75) is 96.8 Å². The maximum Gasteiger partial charge on any atom is 0.271 e. The molecule has 0 saturated carbocycles. The molecule has 0 fully saturated rings. The van der Waals surface area contributed by atoms with E-state index in [1.807, 2.05) is 0 Å². The first kappa shape index (κ1) is 33.7. The van der Waals surface area contributed by atoms with Crippen LogP contribution in [0.15, 0.2) is 36.4 Å². The van der Waals surface area contributed by atoms with E-state index in [4.69, 9.17) is 23.2 Å². The van der Waals surface area contributed by atoms with Gasteiger partial charge in [0.1, 0.15) is 0 Å². The molecule has 0 radical (unpaired) electrons. The molecule has 0 saturated heterocycles. The normalized spacial score (nSPS) is 10.5. The van der Waals surface area contributed by atoms with E-state index in [9.17, 15) is 20.0 Å². The minimum absolute atomic E-state index is 0.00738. The van der Waals surface area contributed by atoms with Crippen LogP contribution in [0.1, 0.15) is 107 Å². The number of rotatable bonds is 17. The lowest BCUT2D eigenvalue weighted by Crippen LogP contribution is -2.50. The van der Waals surface area contributed by atoms with Gasteiger partial charge in [0.15, 0.2) is 0 Å². The predicted octanol–water partition coefficient (Wildman–Crippen LogP) is 7.94. The largest absolute Gasteiger partial charge is 0.872 e. The molecular weight excluding hydrogens is 525 g/mol. The van der Waals surface area contributed by atoms with Gasteiger partial charge in [0.2, 0.25) is 0 Å². The van der Waals surface area contributed by atoms with Crippen LogP contribution in [0.3, 0.4) is 0 Å². The number of non-ortho nitro benzene ring substituents is 1. The third kappa shape index (κ3) is 14.6. The molecule has 9 heteroatoms. The number of benzene rings is 2. The lowest BCUT2D eigenvalue weighted by molar-refractivity contribution is -0.384. The minimum atomic E-state index is -0.696. The lowest BCUT2D eigenvalue weighted by atomic mass is 10.0. The Morgan fingerprint density at radius 3 is 1.84 bits per heavy atom. The van der Waals surface area contributed by atoms with E-state index in [2.05, 4.69) is 18.0 Å². The summed E-state index contributed by atoms with van der Waals surface area (Å²) in [6, 6.07) is 7.37. The molecule has 0 atom stereocenters. The molecule has 0 aliphatic rings. The number of nitro groups is 1. The van der Waals surface area contributed by atoms with Gasteiger partial charge in [0.25, 0.3) is 11.6 Å². The fraction of sp³-hybridized carbons (Fsp3) is 0.552. The number of quaternary nitrogens is 1. The molecule has 7 nitrogen and oxygen atoms in total. The molecule has 2 aromatic rings. The topological polar surface area (TPSA) is 123 Å². The van der Waals surface area contributed by atoms with E-state index in [0.29, 0.717) is 0 Å². The van der Waals surface area contributed by atoms with E-state index in [1.54, 1.807) is 0 Å². The van der Waals surface area contributed by atoms with Crippen LogP contribution in [-0.4, -0.2) is 17.4 Å². The predicted molar refractivity (Wildman–Crippen MR) is 155 cm³/mol. The van der Waals surface area contributed by atoms with Gasteiger partial charge in [-0.05, 0) is 31.0 Å². The van der Waals surface area contributed by atoms with Crippen molar-refractivity contribution in [2.75, 3.05) is 11.9 Å². The van der Waals surface area contributed by atoms with Gasteiger partial charge in [-0.15, -0.1) is 0 Å². The van der Waals surface area contributed by atoms with Gasteiger partial charge >= 0.3 is 0 Å². The van der Waals surface area contributed by atoms with Crippen molar-refractivity contribution in [3.05, 3.63) is 62.1 Å². The Balaban J connectivity index is 0.000000391. The van der Waals surface area contributed by atoms with Crippen molar-refractivity contribution in [3.8, 4) is 5.75 Å². The molecule has 0 aromatic heterocycles. The average molecular weight is 569 g/mol. The highest BCUT2D eigenvalue weighted by Gasteiger charge is 2.13. The molecule has 2 rings (SSSR count). The van der Waals surface area contributed by atoms with Crippen molar-refractivity contribution in [1.82, 2.24) is 0 Å². The van der Waals surface area contributed by atoms with Gasteiger partial charge in [0.05, 0.1) is 22.2 Å². The number of carbonyl (C=O) groups is 1. The van der Waals surface area contributed by atoms with Crippen molar-refractivity contribution >= 4 is 40.5 Å². The molecular formula is C29H43Cl2N3O4. The highest BCUT2D eigenvalue weighted by Crippen LogP contribution is 2.28. The number of halogens is 2. The molecule has 1 amide bonds. The summed E-state index contributed by atoms with van der Waals surface area (Å²) >= 11 is 11.6. The molecule has 0 spiro atoms. The summed E-state index contributed by atoms with van der Waals surface area (Å²) in [6.45, 7) is 3.41. The van der Waals surface area contributed by atoms with Gasteiger partial charge in [0, 0.05) is 22.7 Å². The summed E-state index contributed by atoms with van der Waals surface area (Å²) in [5.74, 6) is -1.19. The monoisotopic (exact) mass is 567 g/mol. The standard InChI is InChI=1S/C16H35N.C13H8Cl2N2O4/c1-2-3-4-5-6-7-8-9-10-11-12-13-14-15-16-17;14-7-1-4-12(18)9(5-7)13(19)16-11-3-2-8(17(20)21)6-10(11)15/h2-17H2,1H3;1-6,18H,(H,16,19). The van der Waals surface area contributed by atoms with Crippen LogP contribution in [0.25, 0.3) is 0 Å². The molecule has 4 N–H and O–H groups in total. The lowest BCUT2D eigenvalue weighted by Gasteiger charge is -2.14. The Bertz CT molecular complexity index is 959. The van der Waals surface area contributed by atoms with Gasteiger partial charge in [-0.25, -0.2) is 0 Å². The van der Waals surface area contributed by atoms with Gasteiger partial charge in [-0.2, -0.15) is 0 Å². The number of anilines is 1. The zero-order valence-corrected chi connectivity index (χ0v) is 24.1. The Kier molecular flexibility index (Phi) is 18.3. The van der Waals surface area contributed by atoms with Gasteiger partial charge in [-0.3, -0.25) is 14.9 Å². The van der Waals surface area contributed by atoms with E-state index < -0.39 is 16.6 Å².